The summed E-state index contributed by atoms with van der Waals surface area (Å²) in [5.41, 5.74) is -0.404. The van der Waals surface area contributed by atoms with E-state index >= 15 is 0 Å². The lowest BCUT2D eigenvalue weighted by Crippen LogP contribution is -2.14. The smallest absolute Gasteiger partial charge is 0.339 e. The Bertz CT molecular complexity index is 369. The summed E-state index contributed by atoms with van der Waals surface area (Å²) >= 11 is 0. The zero-order valence-electron chi connectivity index (χ0n) is 7.63. The number of rotatable bonds is 2. The topological polar surface area (TPSA) is 46.5 Å². The van der Waals surface area contributed by atoms with Gasteiger partial charge in [-0.25, -0.2) is 18.0 Å². The lowest BCUT2D eigenvalue weighted by Gasteiger charge is -2.08. The van der Waals surface area contributed by atoms with Gasteiger partial charge in [-0.1, -0.05) is 0 Å². The Labute approximate surface area is 83.1 Å². The van der Waals surface area contributed by atoms with E-state index < -0.39 is 35.1 Å². The second kappa shape index (κ2) is 4.31. The third-order valence-corrected chi connectivity index (χ3v) is 1.75. The molecule has 0 aliphatic heterocycles. The van der Waals surface area contributed by atoms with Gasteiger partial charge in [-0.05, 0) is 17.7 Å². The van der Waals surface area contributed by atoms with Crippen molar-refractivity contribution in [1.29, 1.82) is 0 Å². The number of esters is 1. The van der Waals surface area contributed by atoms with Gasteiger partial charge in [-0.2, -0.15) is 0 Å². The highest BCUT2D eigenvalue weighted by Crippen LogP contribution is 2.19. The normalized spacial score (nSPS) is 12.3. The predicted molar refractivity (Wildman–Crippen MR) is 43.3 cm³/mol. The minimum absolute atomic E-state index is 0.404. The molecule has 1 aromatic carbocycles. The van der Waals surface area contributed by atoms with E-state index in [2.05, 4.69) is 4.74 Å². The molecule has 0 heterocycles. The largest absolute Gasteiger partial charge is 0.467 e. The Kier molecular flexibility index (Phi) is 3.31. The van der Waals surface area contributed by atoms with E-state index in [-0.39, 0.29) is 0 Å². The summed E-state index contributed by atoms with van der Waals surface area (Å²) in [7, 11) is 1.00. The van der Waals surface area contributed by atoms with E-state index in [1.807, 2.05) is 0 Å². The second-order valence-corrected chi connectivity index (χ2v) is 2.72. The van der Waals surface area contributed by atoms with Crippen molar-refractivity contribution in [2.24, 2.45) is 0 Å². The van der Waals surface area contributed by atoms with Gasteiger partial charge in [0.15, 0.2) is 23.6 Å². The third-order valence-electron chi connectivity index (χ3n) is 1.75. The van der Waals surface area contributed by atoms with E-state index in [4.69, 9.17) is 0 Å². The molecule has 0 aliphatic carbocycles. The molecular weight excluding hydrogens is 213 g/mol. The lowest BCUT2D eigenvalue weighted by atomic mass is 10.1. The van der Waals surface area contributed by atoms with Gasteiger partial charge in [0, 0.05) is 0 Å². The van der Waals surface area contributed by atoms with Crippen molar-refractivity contribution in [1.82, 2.24) is 0 Å². The molecular formula is C9H7F3O3. The summed E-state index contributed by atoms with van der Waals surface area (Å²) < 4.78 is 42.0. The first kappa shape index (κ1) is 11.5. The van der Waals surface area contributed by atoms with Gasteiger partial charge in [0.2, 0.25) is 0 Å². The summed E-state index contributed by atoms with van der Waals surface area (Å²) in [6.07, 6.45) is -1.83. The van der Waals surface area contributed by atoms with Gasteiger partial charge in [-0.3, -0.25) is 0 Å². The van der Waals surface area contributed by atoms with Crippen LogP contribution in [0.3, 0.4) is 0 Å². The van der Waals surface area contributed by atoms with Crippen LogP contribution in [-0.4, -0.2) is 18.2 Å². The molecule has 0 bridgehead atoms. The number of ether oxygens (including phenoxy) is 1. The maximum atomic E-state index is 12.7. The number of aliphatic hydroxyl groups excluding tert-OH is 1. The molecule has 1 unspecified atom stereocenters. The van der Waals surface area contributed by atoms with Crippen molar-refractivity contribution >= 4 is 5.97 Å². The molecule has 0 radical (unpaired) electrons. The monoisotopic (exact) mass is 220 g/mol. The molecule has 6 heteroatoms. The van der Waals surface area contributed by atoms with E-state index in [0.29, 0.717) is 12.1 Å². The maximum Gasteiger partial charge on any atom is 0.339 e. The number of benzene rings is 1. The van der Waals surface area contributed by atoms with Crippen molar-refractivity contribution in [2.75, 3.05) is 7.11 Å². The molecule has 0 fully saturated rings. The third kappa shape index (κ3) is 2.27. The Morgan fingerprint density at radius 1 is 1.33 bits per heavy atom. The molecule has 1 atom stereocenters. The Hall–Kier alpha value is -1.56. The molecule has 0 spiro atoms. The summed E-state index contributed by atoms with van der Waals surface area (Å²) in [5, 5.41) is 9.20. The van der Waals surface area contributed by atoms with Crippen LogP contribution < -0.4 is 0 Å². The van der Waals surface area contributed by atoms with E-state index in [9.17, 15) is 23.1 Å². The van der Waals surface area contributed by atoms with Crippen LogP contribution in [0.25, 0.3) is 0 Å². The van der Waals surface area contributed by atoms with Crippen LogP contribution >= 0.6 is 0 Å². The first-order chi connectivity index (χ1) is 6.97. The van der Waals surface area contributed by atoms with Crippen LogP contribution in [0.2, 0.25) is 0 Å². The Morgan fingerprint density at radius 3 is 2.20 bits per heavy atom. The van der Waals surface area contributed by atoms with Crippen molar-refractivity contribution in [3.63, 3.8) is 0 Å². The highest BCUT2D eigenvalue weighted by Gasteiger charge is 2.21. The number of methoxy groups -OCH3 is 1. The molecule has 0 aliphatic rings. The highest BCUT2D eigenvalue weighted by molar-refractivity contribution is 5.76. The zero-order chi connectivity index (χ0) is 11.6. The Balaban J connectivity index is 3.11. The highest BCUT2D eigenvalue weighted by atomic mass is 19.2. The molecule has 1 aromatic rings. The van der Waals surface area contributed by atoms with E-state index in [1.165, 1.54) is 0 Å². The van der Waals surface area contributed by atoms with E-state index in [0.717, 1.165) is 7.11 Å². The lowest BCUT2D eigenvalue weighted by molar-refractivity contribution is -0.150. The first-order valence-electron chi connectivity index (χ1n) is 3.87. The average Bonchev–Trinajstić information content (AvgIpc) is 2.23. The van der Waals surface area contributed by atoms with Crippen LogP contribution in [0.4, 0.5) is 13.2 Å². The van der Waals surface area contributed by atoms with Crippen molar-refractivity contribution in [3.8, 4) is 0 Å². The van der Waals surface area contributed by atoms with Gasteiger partial charge >= 0.3 is 5.97 Å². The van der Waals surface area contributed by atoms with E-state index in [1.54, 1.807) is 0 Å². The van der Waals surface area contributed by atoms with Crippen LogP contribution in [0.1, 0.15) is 11.7 Å². The second-order valence-electron chi connectivity index (χ2n) is 2.72. The summed E-state index contributed by atoms with van der Waals surface area (Å²) in [6.45, 7) is 0. The van der Waals surface area contributed by atoms with Crippen LogP contribution in [-0.2, 0) is 9.53 Å². The zero-order valence-corrected chi connectivity index (χ0v) is 7.63. The van der Waals surface area contributed by atoms with Crippen molar-refractivity contribution < 1.29 is 27.8 Å². The molecule has 15 heavy (non-hydrogen) atoms. The Morgan fingerprint density at radius 2 is 1.80 bits per heavy atom. The number of hydrogen-bond donors (Lipinski definition) is 1. The fourth-order valence-electron chi connectivity index (χ4n) is 0.981. The van der Waals surface area contributed by atoms with Crippen LogP contribution in [0.15, 0.2) is 12.1 Å². The molecule has 1 N–H and O–H groups in total. The maximum absolute atomic E-state index is 12.7. The van der Waals surface area contributed by atoms with Crippen LogP contribution in [0, 0.1) is 17.5 Å². The SMILES string of the molecule is COC(=O)C(O)c1cc(F)c(F)c(F)c1. The molecule has 0 saturated heterocycles. The standard InChI is InChI=1S/C9H7F3O3/c1-15-9(14)8(13)4-2-5(10)7(12)6(11)3-4/h2-3,8,13H,1H3. The number of aliphatic hydroxyl groups is 1. The summed E-state index contributed by atoms with van der Waals surface area (Å²) in [5.74, 6) is -5.70. The number of carbonyl (C=O) groups excluding carboxylic acids is 1. The van der Waals surface area contributed by atoms with Gasteiger partial charge in [-0.15, -0.1) is 0 Å². The van der Waals surface area contributed by atoms with Crippen molar-refractivity contribution in [3.05, 3.63) is 35.1 Å². The number of carbonyl (C=O) groups is 1. The minimum Gasteiger partial charge on any atom is -0.467 e. The fraction of sp³-hybridized carbons (Fsp3) is 0.222. The molecule has 82 valence electrons. The van der Waals surface area contributed by atoms with Crippen LogP contribution in [0.5, 0.6) is 0 Å². The quantitative estimate of drug-likeness (QED) is 0.603. The minimum atomic E-state index is -1.83. The summed E-state index contributed by atoms with van der Waals surface area (Å²) in [4.78, 5) is 10.8. The summed E-state index contributed by atoms with van der Waals surface area (Å²) in [6, 6.07) is 1.06. The number of hydrogen-bond acceptors (Lipinski definition) is 3. The number of halogens is 3. The van der Waals surface area contributed by atoms with Crippen molar-refractivity contribution in [2.45, 2.75) is 6.10 Å². The molecule has 0 amide bonds. The fourth-order valence-corrected chi connectivity index (χ4v) is 0.981. The molecule has 1 rings (SSSR count). The average molecular weight is 220 g/mol. The predicted octanol–water partition coefficient (Wildman–Crippen LogP) is 1.31. The first-order valence-corrected chi connectivity index (χ1v) is 3.87. The van der Waals surface area contributed by atoms with Gasteiger partial charge < -0.3 is 9.84 Å². The van der Waals surface area contributed by atoms with Gasteiger partial charge in [0.1, 0.15) is 0 Å². The van der Waals surface area contributed by atoms with Gasteiger partial charge in [0.05, 0.1) is 7.11 Å². The molecule has 0 aromatic heterocycles. The molecule has 0 saturated carbocycles. The van der Waals surface area contributed by atoms with Gasteiger partial charge in [0.25, 0.3) is 0 Å². The molecule has 3 nitrogen and oxygen atoms in total.